The van der Waals surface area contributed by atoms with Crippen LogP contribution in [-0.2, 0) is 11.8 Å². The summed E-state index contributed by atoms with van der Waals surface area (Å²) in [4.78, 5) is 31.2. The quantitative estimate of drug-likeness (QED) is 0.127. The van der Waals surface area contributed by atoms with E-state index in [2.05, 4.69) is 304 Å². The zero-order valence-corrected chi connectivity index (χ0v) is 59.1. The monoisotopic (exact) mass is 1390 g/mol. The fraction of sp³-hybridized carbons (Fsp3) is 0.0303. The molecular weight excluding hydrogens is 1330 g/mol. The summed E-state index contributed by atoms with van der Waals surface area (Å²) >= 11 is 0. The van der Waals surface area contributed by atoms with Gasteiger partial charge in [-0.25, -0.2) is 29.9 Å². The van der Waals surface area contributed by atoms with E-state index in [-0.39, 0.29) is 0 Å². The van der Waals surface area contributed by atoms with Crippen LogP contribution in [0.4, 0.5) is 0 Å². The van der Waals surface area contributed by atoms with Gasteiger partial charge >= 0.3 is 0 Å². The smallest absolute Gasteiger partial charge is 0.164 e. The number of pyridine rings is 3. The number of aromatic nitrogens is 10. The fourth-order valence-corrected chi connectivity index (χ4v) is 18.3. The standard InChI is InChI=1S/C99H62N10/c1-99(57-68-58-101-97-81-54-64(46-48-70(81)71-31-14-17-41-85(71)109(68)97)69-36-21-44-88-91(69)79-35-15-18-42-86(79)108(88)67-29-9-4-10-30-67)82-39-16-13-34-78(82)90-73(37-20-40-83(90)99)74-38-22-43-87-92(74)75-32-11-12-33-76(75)98-102-84(59-107(87)98)65-47-50-77-80(55-65)72-49-45-63(56-89(72)106-52-51-100-96(77)106)62-27-19-28-66(53-62)95-104-93(60-23-5-2-6-24-60)103-94(105-95)61-25-7-3-8-26-61/h2-56,58-59H,57H2,1H3. The summed E-state index contributed by atoms with van der Waals surface area (Å²) in [6.07, 6.45) is 9.07. The van der Waals surface area contributed by atoms with Crippen LogP contribution < -0.4 is 0 Å². The average Bonchev–Trinajstić information content (AvgIpc) is 1.55. The molecule has 1 aliphatic rings. The first-order valence-electron chi connectivity index (χ1n) is 37.2. The molecule has 1 unspecified atom stereocenters. The molecule has 0 fully saturated rings. The van der Waals surface area contributed by atoms with E-state index in [9.17, 15) is 0 Å². The highest BCUT2D eigenvalue weighted by molar-refractivity contribution is 6.21. The Morgan fingerprint density at radius 2 is 0.862 bits per heavy atom. The molecule has 508 valence electrons. The van der Waals surface area contributed by atoms with Gasteiger partial charge in [-0.2, -0.15) is 0 Å². The maximum Gasteiger partial charge on any atom is 0.164 e. The van der Waals surface area contributed by atoms with Gasteiger partial charge in [-0.1, -0.05) is 262 Å². The molecule has 0 aliphatic heterocycles. The van der Waals surface area contributed by atoms with Crippen molar-refractivity contribution < 1.29 is 0 Å². The zero-order valence-electron chi connectivity index (χ0n) is 59.1. The highest BCUT2D eigenvalue weighted by Crippen LogP contribution is 2.55. The van der Waals surface area contributed by atoms with E-state index in [1.165, 1.54) is 76.9 Å². The van der Waals surface area contributed by atoms with Crippen LogP contribution in [0.2, 0.25) is 0 Å². The van der Waals surface area contributed by atoms with Crippen molar-refractivity contribution in [3.05, 3.63) is 363 Å². The largest absolute Gasteiger partial charge is 0.309 e. The van der Waals surface area contributed by atoms with Crippen molar-refractivity contribution in [3.8, 4) is 95.6 Å². The summed E-state index contributed by atoms with van der Waals surface area (Å²) in [7, 11) is 0. The summed E-state index contributed by atoms with van der Waals surface area (Å²) in [5.74, 6) is 1.86. The number of para-hydroxylation sites is 3. The Kier molecular flexibility index (Phi) is 13.1. The van der Waals surface area contributed by atoms with Gasteiger partial charge in [0.05, 0.1) is 33.3 Å². The Bertz CT molecular complexity index is 7540. The molecule has 22 aromatic rings. The number of fused-ring (bicyclic) bond motifs is 24. The number of benzene rings is 14. The van der Waals surface area contributed by atoms with E-state index in [4.69, 9.17) is 29.9 Å². The molecule has 0 spiro atoms. The van der Waals surface area contributed by atoms with Crippen LogP contribution in [0.1, 0.15) is 23.7 Å². The lowest BCUT2D eigenvalue weighted by Gasteiger charge is -2.28. The Hall–Kier alpha value is -14.5. The summed E-state index contributed by atoms with van der Waals surface area (Å²) in [5.41, 5.74) is 26.9. The van der Waals surface area contributed by atoms with Crippen LogP contribution in [-0.4, -0.2) is 47.7 Å². The molecule has 10 heteroatoms. The fourth-order valence-electron chi connectivity index (χ4n) is 18.3. The molecule has 23 rings (SSSR count). The van der Waals surface area contributed by atoms with Crippen molar-refractivity contribution in [2.24, 2.45) is 0 Å². The third kappa shape index (κ3) is 9.15. The maximum absolute atomic E-state index is 5.60. The van der Waals surface area contributed by atoms with Crippen LogP contribution in [0, 0.1) is 0 Å². The second-order valence-corrected chi connectivity index (χ2v) is 29.2. The predicted molar refractivity (Wildman–Crippen MR) is 446 cm³/mol. The number of rotatable bonds is 10. The second kappa shape index (κ2) is 23.5. The second-order valence-electron chi connectivity index (χ2n) is 29.2. The predicted octanol–water partition coefficient (Wildman–Crippen LogP) is 24.0. The first-order chi connectivity index (χ1) is 53.9. The minimum atomic E-state index is -0.431. The van der Waals surface area contributed by atoms with Crippen LogP contribution in [0.5, 0.6) is 0 Å². The van der Waals surface area contributed by atoms with Crippen molar-refractivity contribution in [2.45, 2.75) is 18.8 Å². The topological polar surface area (TPSA) is 95.5 Å². The first kappa shape index (κ1) is 60.9. The molecule has 14 aromatic carbocycles. The molecule has 0 saturated carbocycles. The van der Waals surface area contributed by atoms with Gasteiger partial charge in [0.25, 0.3) is 0 Å². The molecule has 0 saturated heterocycles. The number of imidazole rings is 3. The van der Waals surface area contributed by atoms with Crippen molar-refractivity contribution in [2.75, 3.05) is 0 Å². The molecule has 109 heavy (non-hydrogen) atoms. The molecule has 10 nitrogen and oxygen atoms in total. The maximum atomic E-state index is 5.60. The average molecular weight is 1390 g/mol. The van der Waals surface area contributed by atoms with Crippen LogP contribution in [0.25, 0.3) is 199 Å². The van der Waals surface area contributed by atoms with Gasteiger partial charge in [-0.3, -0.25) is 13.2 Å². The van der Waals surface area contributed by atoms with Crippen molar-refractivity contribution in [1.82, 2.24) is 47.7 Å². The summed E-state index contributed by atoms with van der Waals surface area (Å²) in [5, 5.41) is 12.7. The number of hydrogen-bond acceptors (Lipinski definition) is 6. The molecule has 8 aromatic heterocycles. The lowest BCUT2D eigenvalue weighted by atomic mass is 9.76. The first-order valence-corrected chi connectivity index (χ1v) is 37.2. The molecule has 0 amide bonds. The Morgan fingerprint density at radius 1 is 0.312 bits per heavy atom. The SMILES string of the molecule is CC1(Cc2cnc3c4cc(-c5cccc6c5c5ccccc5n6-c5ccccc5)ccc4c4ccccc4n23)c2ccccc2-c2c(-c3cccc4c3c3ccccc3c3nc(-c5ccc6c(c5)c5ccc(-c7cccc(-c8nc(-c9ccccc9)nc(-c9ccccc9)n8)c7)cc5n5ccnc65)cn43)cccc21. The Balaban J connectivity index is 0.627. The van der Waals surface area contributed by atoms with Gasteiger partial charge in [-0.15, -0.1) is 0 Å². The third-order valence-corrected chi connectivity index (χ3v) is 23.2. The molecule has 0 bridgehead atoms. The number of hydrogen-bond donors (Lipinski definition) is 0. The van der Waals surface area contributed by atoms with Crippen molar-refractivity contribution >= 4 is 104 Å². The minimum Gasteiger partial charge on any atom is -0.309 e. The van der Waals surface area contributed by atoms with Crippen LogP contribution in [0.15, 0.2) is 346 Å². The van der Waals surface area contributed by atoms with E-state index >= 15 is 0 Å². The third-order valence-electron chi connectivity index (χ3n) is 23.2. The van der Waals surface area contributed by atoms with Crippen molar-refractivity contribution in [3.63, 3.8) is 0 Å². The van der Waals surface area contributed by atoms with Gasteiger partial charge in [0, 0.05) is 113 Å². The summed E-state index contributed by atoms with van der Waals surface area (Å²) in [6.45, 7) is 2.46. The van der Waals surface area contributed by atoms with E-state index in [1.807, 2.05) is 66.9 Å². The number of nitrogens with zero attached hydrogens (tertiary/aromatic N) is 10. The van der Waals surface area contributed by atoms with Gasteiger partial charge in [0.15, 0.2) is 17.5 Å². The van der Waals surface area contributed by atoms with Crippen LogP contribution in [0.3, 0.4) is 0 Å². The van der Waals surface area contributed by atoms with Gasteiger partial charge in [0.1, 0.15) is 16.9 Å². The van der Waals surface area contributed by atoms with Gasteiger partial charge < -0.3 is 4.57 Å². The minimum absolute atomic E-state index is 0.431. The zero-order chi connectivity index (χ0) is 71.6. The Labute approximate surface area is 625 Å². The molecule has 1 aliphatic carbocycles. The van der Waals surface area contributed by atoms with Crippen molar-refractivity contribution in [1.29, 1.82) is 0 Å². The molecule has 1 atom stereocenters. The highest BCUT2D eigenvalue weighted by atomic mass is 15.0. The van der Waals surface area contributed by atoms with Gasteiger partial charge in [-0.05, 0) is 139 Å². The summed E-state index contributed by atoms with van der Waals surface area (Å²) in [6, 6.07) is 116. The summed E-state index contributed by atoms with van der Waals surface area (Å²) < 4.78 is 9.40. The highest BCUT2D eigenvalue weighted by Gasteiger charge is 2.42. The van der Waals surface area contributed by atoms with E-state index in [1.54, 1.807) is 0 Å². The molecular formula is C99H62N10. The lowest BCUT2D eigenvalue weighted by Crippen LogP contribution is -2.24. The normalized spacial score (nSPS) is 13.6. The van der Waals surface area contributed by atoms with E-state index in [0.717, 1.165) is 128 Å². The van der Waals surface area contributed by atoms with E-state index < -0.39 is 5.41 Å². The van der Waals surface area contributed by atoms with Gasteiger partial charge in [0.2, 0.25) is 0 Å². The molecule has 0 radical (unpaired) electrons. The lowest BCUT2D eigenvalue weighted by molar-refractivity contribution is 0.573. The molecule has 0 N–H and O–H groups in total. The molecule has 8 heterocycles. The Morgan fingerprint density at radius 3 is 1.68 bits per heavy atom. The van der Waals surface area contributed by atoms with E-state index in [0.29, 0.717) is 17.5 Å². The van der Waals surface area contributed by atoms with Crippen LogP contribution >= 0.6 is 0 Å².